The number of ether oxygens (including phenoxy) is 1. The molecule has 5 nitrogen and oxygen atoms in total. The highest BCUT2D eigenvalue weighted by Gasteiger charge is 2.11. The predicted octanol–water partition coefficient (Wildman–Crippen LogP) is 4.77. The quantitative estimate of drug-likeness (QED) is 0.376. The van der Waals surface area contributed by atoms with Crippen molar-refractivity contribution in [1.29, 1.82) is 0 Å². The lowest BCUT2D eigenvalue weighted by Crippen LogP contribution is -2.18. The summed E-state index contributed by atoms with van der Waals surface area (Å²) in [6.45, 7) is 2.89. The molecule has 0 atom stereocenters. The van der Waals surface area contributed by atoms with Gasteiger partial charge in [0.1, 0.15) is 5.75 Å². The van der Waals surface area contributed by atoms with Crippen LogP contribution >= 0.6 is 0 Å². The molecule has 0 aliphatic heterocycles. The van der Waals surface area contributed by atoms with E-state index in [1.165, 1.54) is 11.1 Å². The van der Waals surface area contributed by atoms with E-state index in [0.29, 0.717) is 11.3 Å². The number of hydrogen-bond donors (Lipinski definition) is 1. The van der Waals surface area contributed by atoms with Crippen LogP contribution < -0.4 is 10.2 Å². The Bertz CT molecular complexity index is 1220. The van der Waals surface area contributed by atoms with E-state index in [1.54, 1.807) is 31.5 Å². The van der Waals surface area contributed by atoms with Crippen LogP contribution in [0.15, 0.2) is 84.1 Å². The van der Waals surface area contributed by atoms with Crippen LogP contribution in [0.5, 0.6) is 5.75 Å². The summed E-state index contributed by atoms with van der Waals surface area (Å²) < 4.78 is 7.45. The molecular weight excluding hydrogens is 374 g/mol. The molecule has 1 aromatic heterocycles. The molecule has 0 unspecified atom stereocenters. The third-order valence-corrected chi connectivity index (χ3v) is 5.14. The van der Waals surface area contributed by atoms with Crippen molar-refractivity contribution in [2.75, 3.05) is 7.11 Å². The second kappa shape index (κ2) is 8.66. The van der Waals surface area contributed by atoms with Crippen molar-refractivity contribution in [2.45, 2.75) is 13.5 Å². The summed E-state index contributed by atoms with van der Waals surface area (Å²) in [7, 11) is 1.54. The van der Waals surface area contributed by atoms with Crippen LogP contribution in [0.4, 0.5) is 0 Å². The van der Waals surface area contributed by atoms with Crippen molar-refractivity contribution in [1.82, 2.24) is 9.99 Å². The highest BCUT2D eigenvalue weighted by Crippen LogP contribution is 2.22. The molecular formula is C25H23N3O2. The number of amides is 1. The molecule has 150 valence electrons. The first-order chi connectivity index (χ1) is 14.7. The molecule has 1 heterocycles. The van der Waals surface area contributed by atoms with Crippen molar-refractivity contribution < 1.29 is 9.53 Å². The summed E-state index contributed by atoms with van der Waals surface area (Å²) in [5, 5.41) is 5.27. The van der Waals surface area contributed by atoms with Gasteiger partial charge in [-0.1, -0.05) is 54.6 Å². The van der Waals surface area contributed by atoms with E-state index in [0.717, 1.165) is 23.0 Å². The molecule has 0 aliphatic rings. The molecule has 4 aromatic rings. The van der Waals surface area contributed by atoms with E-state index in [2.05, 4.69) is 64.6 Å². The van der Waals surface area contributed by atoms with Gasteiger partial charge in [-0.2, -0.15) is 5.10 Å². The molecule has 3 aromatic carbocycles. The molecule has 0 radical (unpaired) electrons. The summed E-state index contributed by atoms with van der Waals surface area (Å²) in [6, 6.07) is 23.6. The summed E-state index contributed by atoms with van der Waals surface area (Å²) in [6.07, 6.45) is 3.75. The number of para-hydroxylation sites is 2. The lowest BCUT2D eigenvalue weighted by Gasteiger charge is -2.08. The molecule has 0 saturated carbocycles. The minimum atomic E-state index is -0.313. The normalized spacial score (nSPS) is 11.1. The third kappa shape index (κ3) is 3.96. The Hall–Kier alpha value is -3.86. The number of benzene rings is 3. The van der Waals surface area contributed by atoms with Gasteiger partial charge in [0.2, 0.25) is 0 Å². The van der Waals surface area contributed by atoms with E-state index in [-0.39, 0.29) is 5.91 Å². The number of rotatable bonds is 6. The molecule has 30 heavy (non-hydrogen) atoms. The van der Waals surface area contributed by atoms with Gasteiger partial charge >= 0.3 is 0 Å². The number of nitrogens with one attached hydrogen (secondary N) is 1. The minimum Gasteiger partial charge on any atom is -0.496 e. The zero-order valence-corrected chi connectivity index (χ0v) is 17.0. The van der Waals surface area contributed by atoms with E-state index in [9.17, 15) is 4.79 Å². The van der Waals surface area contributed by atoms with Crippen LogP contribution in [0.2, 0.25) is 0 Å². The Balaban J connectivity index is 1.59. The maximum Gasteiger partial charge on any atom is 0.275 e. The third-order valence-electron chi connectivity index (χ3n) is 5.14. The Morgan fingerprint density at radius 1 is 1.03 bits per heavy atom. The van der Waals surface area contributed by atoms with Crippen LogP contribution in [-0.4, -0.2) is 23.8 Å². The number of hydrazone groups is 1. The second-order valence-corrected chi connectivity index (χ2v) is 7.06. The average molecular weight is 397 g/mol. The lowest BCUT2D eigenvalue weighted by atomic mass is 10.1. The maximum absolute atomic E-state index is 12.5. The van der Waals surface area contributed by atoms with E-state index in [4.69, 9.17) is 4.74 Å². The first-order valence-corrected chi connectivity index (χ1v) is 9.76. The van der Waals surface area contributed by atoms with E-state index < -0.39 is 0 Å². The zero-order valence-electron chi connectivity index (χ0n) is 17.0. The fourth-order valence-corrected chi connectivity index (χ4v) is 3.53. The number of carbonyl (C=O) groups excluding carboxylic acids is 1. The van der Waals surface area contributed by atoms with Crippen molar-refractivity contribution in [3.63, 3.8) is 0 Å². The number of methoxy groups -OCH3 is 1. The predicted molar refractivity (Wildman–Crippen MR) is 120 cm³/mol. The van der Waals surface area contributed by atoms with Gasteiger partial charge < -0.3 is 9.30 Å². The SMILES string of the molecule is COc1ccccc1C(=O)NN=Cc1cn(Cc2ccccc2C)c2ccccc12. The van der Waals surface area contributed by atoms with Crippen molar-refractivity contribution in [3.05, 3.63) is 101 Å². The van der Waals surface area contributed by atoms with Gasteiger partial charge in [-0.05, 0) is 36.2 Å². The summed E-state index contributed by atoms with van der Waals surface area (Å²) in [5.41, 5.74) is 7.64. The fraction of sp³-hybridized carbons (Fsp3) is 0.120. The molecule has 0 fully saturated rings. The summed E-state index contributed by atoms with van der Waals surface area (Å²) in [5.74, 6) is 0.201. The van der Waals surface area contributed by atoms with E-state index in [1.807, 2.05) is 18.2 Å². The molecule has 5 heteroatoms. The van der Waals surface area contributed by atoms with Crippen molar-refractivity contribution in [3.8, 4) is 5.75 Å². The van der Waals surface area contributed by atoms with Crippen molar-refractivity contribution in [2.24, 2.45) is 5.10 Å². The first-order valence-electron chi connectivity index (χ1n) is 9.76. The van der Waals surface area contributed by atoms with Gasteiger partial charge in [0.15, 0.2) is 0 Å². The molecule has 0 spiro atoms. The minimum absolute atomic E-state index is 0.313. The van der Waals surface area contributed by atoms with Gasteiger partial charge in [-0.25, -0.2) is 5.43 Å². The number of aromatic nitrogens is 1. The highest BCUT2D eigenvalue weighted by molar-refractivity contribution is 6.01. The molecule has 0 aliphatic carbocycles. The molecule has 0 bridgehead atoms. The number of hydrogen-bond acceptors (Lipinski definition) is 3. The number of fused-ring (bicyclic) bond motifs is 1. The summed E-state index contributed by atoms with van der Waals surface area (Å²) in [4.78, 5) is 12.5. The Morgan fingerprint density at radius 2 is 1.77 bits per heavy atom. The monoisotopic (exact) mass is 397 g/mol. The smallest absolute Gasteiger partial charge is 0.275 e. The van der Waals surface area contributed by atoms with Crippen LogP contribution in [0, 0.1) is 6.92 Å². The first kappa shape index (κ1) is 19.5. The van der Waals surface area contributed by atoms with Crippen LogP contribution in [0.25, 0.3) is 10.9 Å². The van der Waals surface area contributed by atoms with Crippen LogP contribution in [0.1, 0.15) is 27.0 Å². The highest BCUT2D eigenvalue weighted by atomic mass is 16.5. The Kier molecular flexibility index (Phi) is 5.61. The number of carbonyl (C=O) groups is 1. The standard InChI is InChI=1S/C25H23N3O2/c1-18-9-3-4-10-19(18)16-28-17-20(21-11-5-7-13-23(21)28)15-26-27-25(29)22-12-6-8-14-24(22)30-2/h3-15,17H,16H2,1-2H3,(H,27,29). The topological polar surface area (TPSA) is 55.6 Å². The summed E-state index contributed by atoms with van der Waals surface area (Å²) >= 11 is 0. The molecule has 1 amide bonds. The number of nitrogens with zero attached hydrogens (tertiary/aromatic N) is 2. The van der Waals surface area contributed by atoms with E-state index >= 15 is 0 Å². The van der Waals surface area contributed by atoms with Crippen LogP contribution in [-0.2, 0) is 6.54 Å². The van der Waals surface area contributed by atoms with Gasteiger partial charge in [0.05, 0.1) is 18.9 Å². The maximum atomic E-state index is 12.5. The fourth-order valence-electron chi connectivity index (χ4n) is 3.53. The van der Waals surface area contributed by atoms with Crippen LogP contribution in [0.3, 0.4) is 0 Å². The zero-order chi connectivity index (χ0) is 20.9. The average Bonchev–Trinajstić information content (AvgIpc) is 3.13. The lowest BCUT2D eigenvalue weighted by molar-refractivity contribution is 0.0952. The number of aryl methyl sites for hydroxylation is 1. The molecule has 1 N–H and O–H groups in total. The Morgan fingerprint density at radius 3 is 2.60 bits per heavy atom. The van der Waals surface area contributed by atoms with Crippen molar-refractivity contribution >= 4 is 23.0 Å². The van der Waals surface area contributed by atoms with Gasteiger partial charge in [0, 0.05) is 29.2 Å². The second-order valence-electron chi connectivity index (χ2n) is 7.06. The molecule has 0 saturated heterocycles. The molecule has 4 rings (SSSR count). The largest absolute Gasteiger partial charge is 0.496 e. The Labute approximate surface area is 175 Å². The van der Waals surface area contributed by atoms with Gasteiger partial charge in [0.25, 0.3) is 5.91 Å². The van der Waals surface area contributed by atoms with Gasteiger partial charge in [-0.3, -0.25) is 4.79 Å². The van der Waals surface area contributed by atoms with Gasteiger partial charge in [-0.15, -0.1) is 0 Å².